The van der Waals surface area contributed by atoms with Crippen molar-refractivity contribution in [2.75, 3.05) is 0 Å². The van der Waals surface area contributed by atoms with Crippen LogP contribution in [0.15, 0.2) is 42.5 Å². The third kappa shape index (κ3) is 2.50. The van der Waals surface area contributed by atoms with Gasteiger partial charge in [-0.2, -0.15) is 0 Å². The Morgan fingerprint density at radius 2 is 1.91 bits per heavy atom. The van der Waals surface area contributed by atoms with Gasteiger partial charge in [-0.05, 0) is 18.6 Å². The van der Waals surface area contributed by atoms with E-state index in [1.54, 1.807) is 0 Å². The van der Waals surface area contributed by atoms with Crippen LogP contribution in [0.5, 0.6) is 0 Å². The van der Waals surface area contributed by atoms with E-state index in [1.165, 1.54) is 0 Å². The van der Waals surface area contributed by atoms with Gasteiger partial charge in [-0.15, -0.1) is 0 Å². The number of fused-ring (bicyclic) bond motifs is 2. The van der Waals surface area contributed by atoms with Crippen LogP contribution >= 0.6 is 0 Å². The summed E-state index contributed by atoms with van der Waals surface area (Å²) in [5, 5.41) is 2.92. The summed E-state index contributed by atoms with van der Waals surface area (Å²) in [6.45, 7) is 6.02. The maximum Gasteiger partial charge on any atom is 0.408 e. The van der Waals surface area contributed by atoms with Gasteiger partial charge in [0, 0.05) is 5.41 Å². The summed E-state index contributed by atoms with van der Waals surface area (Å²) in [6.07, 6.45) is 2.71. The summed E-state index contributed by atoms with van der Waals surface area (Å²) >= 11 is 0. The molecule has 5 nitrogen and oxygen atoms in total. The number of benzene rings is 1. The van der Waals surface area contributed by atoms with Gasteiger partial charge in [-0.25, -0.2) is 4.79 Å². The van der Waals surface area contributed by atoms with Crippen LogP contribution in [0.25, 0.3) is 0 Å². The number of carbonyl (C=O) groups excluding carboxylic acids is 2. The van der Waals surface area contributed by atoms with Crippen LogP contribution in [-0.2, 0) is 20.9 Å². The number of alkyl carbamates (subject to hydrolysis) is 1. The number of hydrogen-bond acceptors (Lipinski definition) is 4. The van der Waals surface area contributed by atoms with E-state index < -0.39 is 23.2 Å². The number of amides is 1. The van der Waals surface area contributed by atoms with Crippen molar-refractivity contribution in [3.63, 3.8) is 0 Å². The van der Waals surface area contributed by atoms with Crippen LogP contribution in [0.4, 0.5) is 4.79 Å². The molecular weight excluding hydrogens is 294 g/mol. The molecule has 2 bridgehead atoms. The van der Waals surface area contributed by atoms with Gasteiger partial charge in [0.2, 0.25) is 0 Å². The van der Waals surface area contributed by atoms with E-state index in [0.717, 1.165) is 5.56 Å². The Morgan fingerprint density at radius 1 is 1.22 bits per heavy atom. The van der Waals surface area contributed by atoms with Crippen LogP contribution in [0, 0.1) is 11.3 Å². The van der Waals surface area contributed by atoms with Gasteiger partial charge in [0.15, 0.2) is 0 Å². The Kier molecular flexibility index (Phi) is 3.66. The zero-order valence-electron chi connectivity index (χ0n) is 13.5. The fraction of sp³-hybridized carbons (Fsp3) is 0.444. The lowest BCUT2D eigenvalue weighted by atomic mass is 9.58. The maximum absolute atomic E-state index is 12.2. The molecule has 122 valence electrons. The third-order valence-electron chi connectivity index (χ3n) is 5.23. The number of nitrogens with one attached hydrogen (secondary N) is 1. The zero-order valence-corrected chi connectivity index (χ0v) is 13.5. The van der Waals surface area contributed by atoms with E-state index in [-0.39, 0.29) is 18.5 Å². The summed E-state index contributed by atoms with van der Waals surface area (Å²) in [7, 11) is 0. The summed E-state index contributed by atoms with van der Waals surface area (Å²) in [6, 6.07) is 9.49. The van der Waals surface area contributed by atoms with Crippen LogP contribution < -0.4 is 5.32 Å². The largest absolute Gasteiger partial charge is 0.455 e. The number of hydrogen-bond donors (Lipinski definition) is 1. The van der Waals surface area contributed by atoms with Crippen molar-refractivity contribution >= 4 is 12.1 Å². The van der Waals surface area contributed by atoms with Gasteiger partial charge in [0.1, 0.15) is 12.7 Å². The molecule has 5 heteroatoms. The first kappa shape index (κ1) is 15.6. The second-order valence-electron chi connectivity index (χ2n) is 6.83. The smallest absolute Gasteiger partial charge is 0.408 e. The SMILES string of the molecule is CC1(C)C2C=CC(OC2=O)C1(C)NC(=O)OCc1ccccc1. The highest BCUT2D eigenvalue weighted by atomic mass is 16.6. The Labute approximate surface area is 135 Å². The normalized spacial score (nSPS) is 30.7. The predicted molar refractivity (Wildman–Crippen MR) is 84.5 cm³/mol. The lowest BCUT2D eigenvalue weighted by molar-refractivity contribution is -0.180. The highest BCUT2D eigenvalue weighted by Gasteiger charge is 2.61. The van der Waals surface area contributed by atoms with E-state index in [1.807, 2.05) is 63.3 Å². The Hall–Kier alpha value is -2.30. The molecule has 1 aromatic rings. The van der Waals surface area contributed by atoms with Crippen molar-refractivity contribution in [3.8, 4) is 0 Å². The molecule has 0 aromatic heterocycles. The molecule has 23 heavy (non-hydrogen) atoms. The van der Waals surface area contributed by atoms with Crippen LogP contribution in [0.2, 0.25) is 0 Å². The van der Waals surface area contributed by atoms with Gasteiger partial charge >= 0.3 is 12.1 Å². The van der Waals surface area contributed by atoms with Gasteiger partial charge < -0.3 is 14.8 Å². The van der Waals surface area contributed by atoms with Crippen molar-refractivity contribution in [1.29, 1.82) is 0 Å². The molecule has 3 unspecified atom stereocenters. The Morgan fingerprint density at radius 3 is 2.52 bits per heavy atom. The van der Waals surface area contributed by atoms with Crippen LogP contribution in [0.3, 0.4) is 0 Å². The van der Waals surface area contributed by atoms with Crippen molar-refractivity contribution in [1.82, 2.24) is 5.32 Å². The standard InChI is InChI=1S/C18H21NO4/c1-17(2)13-9-10-14(23-15(13)20)18(17,3)19-16(21)22-11-12-7-5-4-6-8-12/h4-10,13-14H,11H2,1-3H3,(H,19,21). The molecular formula is C18H21NO4. The summed E-state index contributed by atoms with van der Waals surface area (Å²) in [4.78, 5) is 24.2. The first-order chi connectivity index (χ1) is 10.8. The van der Waals surface area contributed by atoms with Gasteiger partial charge in [-0.3, -0.25) is 4.79 Å². The lowest BCUT2D eigenvalue weighted by Gasteiger charge is -2.56. The van der Waals surface area contributed by atoms with E-state index in [2.05, 4.69) is 5.32 Å². The second kappa shape index (κ2) is 5.41. The highest BCUT2D eigenvalue weighted by Crippen LogP contribution is 2.50. The minimum absolute atomic E-state index is 0.201. The number of ether oxygens (including phenoxy) is 2. The molecule has 0 radical (unpaired) electrons. The fourth-order valence-electron chi connectivity index (χ4n) is 3.27. The maximum atomic E-state index is 12.2. The lowest BCUT2D eigenvalue weighted by Crippen LogP contribution is -2.71. The molecule has 1 saturated heterocycles. The van der Waals surface area contributed by atoms with Gasteiger partial charge in [0.25, 0.3) is 0 Å². The molecule has 1 aromatic carbocycles. The van der Waals surface area contributed by atoms with E-state index in [9.17, 15) is 9.59 Å². The van der Waals surface area contributed by atoms with Crippen LogP contribution in [0.1, 0.15) is 26.3 Å². The van der Waals surface area contributed by atoms with Crippen molar-refractivity contribution in [3.05, 3.63) is 48.0 Å². The molecule has 2 aliphatic heterocycles. The zero-order chi connectivity index (χ0) is 16.7. The molecule has 1 fully saturated rings. The predicted octanol–water partition coefficient (Wildman–Crippen LogP) is 2.81. The van der Waals surface area contributed by atoms with E-state index in [0.29, 0.717) is 0 Å². The molecule has 0 spiro atoms. The average molecular weight is 315 g/mol. The molecule has 3 atom stereocenters. The quantitative estimate of drug-likeness (QED) is 0.688. The summed E-state index contributed by atoms with van der Waals surface area (Å²) in [5.74, 6) is -0.605. The van der Waals surface area contributed by atoms with Gasteiger partial charge in [-0.1, -0.05) is 50.3 Å². The monoisotopic (exact) mass is 315 g/mol. The second-order valence-corrected chi connectivity index (χ2v) is 6.83. The summed E-state index contributed by atoms with van der Waals surface area (Å²) in [5.41, 5.74) is -0.259. The number of carbonyl (C=O) groups is 2. The van der Waals surface area contributed by atoms with Crippen molar-refractivity contribution in [2.24, 2.45) is 11.3 Å². The first-order valence-corrected chi connectivity index (χ1v) is 7.72. The number of esters is 1. The molecule has 1 aliphatic carbocycles. The molecule has 3 aliphatic rings. The minimum Gasteiger partial charge on any atom is -0.455 e. The summed E-state index contributed by atoms with van der Waals surface area (Å²) < 4.78 is 10.7. The van der Waals surface area contributed by atoms with Crippen molar-refractivity contribution < 1.29 is 19.1 Å². The number of rotatable bonds is 3. The Balaban J connectivity index is 1.70. The van der Waals surface area contributed by atoms with E-state index in [4.69, 9.17) is 9.47 Å². The molecule has 0 saturated carbocycles. The topological polar surface area (TPSA) is 64.6 Å². The average Bonchev–Trinajstić information content (AvgIpc) is 2.52. The first-order valence-electron chi connectivity index (χ1n) is 7.72. The minimum atomic E-state index is -0.714. The Bertz CT molecular complexity index is 652. The van der Waals surface area contributed by atoms with Crippen LogP contribution in [-0.4, -0.2) is 23.7 Å². The van der Waals surface area contributed by atoms with Gasteiger partial charge in [0.05, 0.1) is 11.5 Å². The molecule has 4 rings (SSSR count). The van der Waals surface area contributed by atoms with Crippen molar-refractivity contribution in [2.45, 2.75) is 39.0 Å². The highest BCUT2D eigenvalue weighted by molar-refractivity contribution is 5.80. The van der Waals surface area contributed by atoms with E-state index >= 15 is 0 Å². The fourth-order valence-corrected chi connectivity index (χ4v) is 3.27. The molecule has 1 N–H and O–H groups in total. The third-order valence-corrected chi connectivity index (χ3v) is 5.23. The molecule has 1 amide bonds. The molecule has 2 heterocycles.